The minimum Gasteiger partial charge on any atom is -0.310 e. The van der Waals surface area contributed by atoms with Crippen LogP contribution >= 0.6 is 0 Å². The topological polar surface area (TPSA) is 3.24 Å². The van der Waals surface area contributed by atoms with Crippen molar-refractivity contribution < 1.29 is 0 Å². The average molecular weight is 390 g/mol. The number of hydrogen-bond donors (Lipinski definition) is 0. The molecule has 0 aliphatic heterocycles. The van der Waals surface area contributed by atoms with Crippen LogP contribution in [0.1, 0.15) is 36.1 Å². The molecule has 0 N–H and O–H groups in total. The van der Waals surface area contributed by atoms with Crippen LogP contribution in [-0.4, -0.2) is 0 Å². The quantitative estimate of drug-likeness (QED) is 0.342. The summed E-state index contributed by atoms with van der Waals surface area (Å²) < 4.78 is 0. The van der Waals surface area contributed by atoms with E-state index in [9.17, 15) is 0 Å². The molecule has 4 aromatic rings. The van der Waals surface area contributed by atoms with Gasteiger partial charge in [-0.15, -0.1) is 0 Å². The van der Waals surface area contributed by atoms with E-state index >= 15 is 0 Å². The summed E-state index contributed by atoms with van der Waals surface area (Å²) in [6.07, 6.45) is 0. The van der Waals surface area contributed by atoms with E-state index in [1.165, 1.54) is 50.4 Å². The third kappa shape index (κ3) is 2.93. The summed E-state index contributed by atoms with van der Waals surface area (Å²) in [7, 11) is 0. The summed E-state index contributed by atoms with van der Waals surface area (Å²) >= 11 is 0. The minimum absolute atomic E-state index is 0.00579. The van der Waals surface area contributed by atoms with Gasteiger partial charge in [0.2, 0.25) is 0 Å². The van der Waals surface area contributed by atoms with E-state index in [4.69, 9.17) is 0 Å². The van der Waals surface area contributed by atoms with Gasteiger partial charge >= 0.3 is 0 Å². The minimum atomic E-state index is -0.00579. The maximum absolute atomic E-state index is 2.38. The van der Waals surface area contributed by atoms with E-state index in [-0.39, 0.29) is 5.41 Å². The number of anilines is 3. The van der Waals surface area contributed by atoms with Crippen molar-refractivity contribution in [2.24, 2.45) is 0 Å². The van der Waals surface area contributed by atoms with Crippen LogP contribution in [-0.2, 0) is 5.41 Å². The van der Waals surface area contributed by atoms with Gasteiger partial charge in [0.05, 0.1) is 0 Å². The summed E-state index contributed by atoms with van der Waals surface area (Å²) in [5, 5.41) is 0. The van der Waals surface area contributed by atoms with Crippen LogP contribution in [0.5, 0.6) is 0 Å². The molecule has 148 valence electrons. The van der Waals surface area contributed by atoms with Crippen molar-refractivity contribution in [2.45, 2.75) is 33.1 Å². The second-order valence-corrected chi connectivity index (χ2v) is 8.91. The molecule has 0 spiro atoms. The highest BCUT2D eigenvalue weighted by Crippen LogP contribution is 2.50. The first kappa shape index (κ1) is 18.7. The molecule has 0 saturated carbocycles. The van der Waals surface area contributed by atoms with Crippen LogP contribution in [0, 0.1) is 13.8 Å². The van der Waals surface area contributed by atoms with Gasteiger partial charge < -0.3 is 4.90 Å². The molecule has 0 radical (unpaired) electrons. The molecule has 1 heteroatoms. The van der Waals surface area contributed by atoms with E-state index in [1.54, 1.807) is 0 Å². The fourth-order valence-corrected chi connectivity index (χ4v) is 4.67. The molecule has 4 aromatic carbocycles. The standard InChI is InChI=1S/C29H27N/c1-20-9-13-22(14-10-20)30(23-15-11-21(2)12-16-23)24-17-18-26-25-7-5-6-8-27(25)29(3,4)28(26)19-24/h5-19H,1-4H3. The molecule has 0 fully saturated rings. The second kappa shape index (κ2) is 6.88. The lowest BCUT2D eigenvalue weighted by atomic mass is 9.82. The van der Waals surface area contributed by atoms with Gasteiger partial charge in [-0.3, -0.25) is 0 Å². The molecule has 0 saturated heterocycles. The summed E-state index contributed by atoms with van der Waals surface area (Å²) in [6, 6.07) is 33.3. The van der Waals surface area contributed by atoms with Crippen molar-refractivity contribution in [3.8, 4) is 11.1 Å². The van der Waals surface area contributed by atoms with Crippen molar-refractivity contribution in [3.05, 3.63) is 113 Å². The summed E-state index contributed by atoms with van der Waals surface area (Å²) in [5.41, 5.74) is 11.6. The van der Waals surface area contributed by atoms with Crippen molar-refractivity contribution >= 4 is 17.1 Å². The molecule has 1 aliphatic carbocycles. The fraction of sp³-hybridized carbons (Fsp3) is 0.172. The van der Waals surface area contributed by atoms with Crippen LogP contribution < -0.4 is 4.90 Å². The molecule has 0 atom stereocenters. The lowest BCUT2D eigenvalue weighted by molar-refractivity contribution is 0.660. The zero-order valence-electron chi connectivity index (χ0n) is 18.1. The Morgan fingerprint density at radius 3 is 1.63 bits per heavy atom. The lowest BCUT2D eigenvalue weighted by Crippen LogP contribution is -2.16. The van der Waals surface area contributed by atoms with Crippen molar-refractivity contribution in [1.82, 2.24) is 0 Å². The van der Waals surface area contributed by atoms with Gasteiger partial charge in [-0.1, -0.05) is 79.6 Å². The number of aryl methyl sites for hydroxylation is 2. The lowest BCUT2D eigenvalue weighted by Gasteiger charge is -2.28. The molecule has 0 amide bonds. The molecule has 0 bridgehead atoms. The Morgan fingerprint density at radius 1 is 0.533 bits per heavy atom. The van der Waals surface area contributed by atoms with Crippen LogP contribution in [0.3, 0.4) is 0 Å². The number of hydrogen-bond acceptors (Lipinski definition) is 1. The Balaban J connectivity index is 1.69. The predicted octanol–water partition coefficient (Wildman–Crippen LogP) is 8.08. The highest BCUT2D eigenvalue weighted by atomic mass is 15.1. The van der Waals surface area contributed by atoms with E-state index in [0.717, 1.165) is 0 Å². The van der Waals surface area contributed by atoms with Gasteiger partial charge in [0.15, 0.2) is 0 Å². The first-order valence-corrected chi connectivity index (χ1v) is 10.6. The Labute approximate surface area is 179 Å². The third-order valence-electron chi connectivity index (χ3n) is 6.41. The van der Waals surface area contributed by atoms with E-state index < -0.39 is 0 Å². The predicted molar refractivity (Wildman–Crippen MR) is 128 cm³/mol. The molecule has 1 aliphatic rings. The summed E-state index contributed by atoms with van der Waals surface area (Å²) in [4.78, 5) is 2.36. The largest absolute Gasteiger partial charge is 0.310 e. The van der Waals surface area contributed by atoms with E-state index in [0.29, 0.717) is 0 Å². The smallest absolute Gasteiger partial charge is 0.0465 e. The van der Waals surface area contributed by atoms with Crippen molar-refractivity contribution in [2.75, 3.05) is 4.90 Å². The molecule has 1 nitrogen and oxygen atoms in total. The van der Waals surface area contributed by atoms with Gasteiger partial charge in [0, 0.05) is 22.5 Å². The van der Waals surface area contributed by atoms with Gasteiger partial charge in [-0.25, -0.2) is 0 Å². The molecule has 0 aromatic heterocycles. The number of nitrogens with zero attached hydrogens (tertiary/aromatic N) is 1. The van der Waals surface area contributed by atoms with Crippen LogP contribution in [0.15, 0.2) is 91.0 Å². The van der Waals surface area contributed by atoms with Gasteiger partial charge in [-0.05, 0) is 72.5 Å². The second-order valence-electron chi connectivity index (χ2n) is 8.91. The maximum Gasteiger partial charge on any atom is 0.0465 e. The van der Waals surface area contributed by atoms with Gasteiger partial charge in [0.25, 0.3) is 0 Å². The highest BCUT2D eigenvalue weighted by Gasteiger charge is 2.35. The Morgan fingerprint density at radius 2 is 1.03 bits per heavy atom. The SMILES string of the molecule is Cc1ccc(N(c2ccc(C)cc2)c2ccc3c(c2)C(C)(C)c2ccccc2-3)cc1. The zero-order chi connectivity index (χ0) is 20.9. The summed E-state index contributed by atoms with van der Waals surface area (Å²) in [6.45, 7) is 8.94. The first-order valence-electron chi connectivity index (χ1n) is 10.6. The third-order valence-corrected chi connectivity index (χ3v) is 6.41. The zero-order valence-corrected chi connectivity index (χ0v) is 18.1. The van der Waals surface area contributed by atoms with Gasteiger partial charge in [-0.2, -0.15) is 0 Å². The van der Waals surface area contributed by atoms with E-state index in [1.807, 2.05) is 0 Å². The molecule has 0 unspecified atom stereocenters. The summed E-state index contributed by atoms with van der Waals surface area (Å²) in [5.74, 6) is 0. The normalized spacial score (nSPS) is 13.6. The van der Waals surface area contributed by atoms with Gasteiger partial charge in [0.1, 0.15) is 0 Å². The average Bonchev–Trinajstić information content (AvgIpc) is 2.98. The Hall–Kier alpha value is -3.32. The van der Waals surface area contributed by atoms with Crippen molar-refractivity contribution in [3.63, 3.8) is 0 Å². The maximum atomic E-state index is 2.38. The van der Waals surface area contributed by atoms with Crippen molar-refractivity contribution in [1.29, 1.82) is 0 Å². The fourth-order valence-electron chi connectivity index (χ4n) is 4.67. The molecule has 5 rings (SSSR count). The van der Waals surface area contributed by atoms with E-state index in [2.05, 4.69) is 124 Å². The molecule has 30 heavy (non-hydrogen) atoms. The van der Waals surface area contributed by atoms with Crippen LogP contribution in [0.25, 0.3) is 11.1 Å². The molecular formula is C29H27N. The molecule has 0 heterocycles. The Bertz CT molecular complexity index is 1170. The Kier molecular flexibility index (Phi) is 4.29. The highest BCUT2D eigenvalue weighted by molar-refractivity contribution is 5.85. The molecular weight excluding hydrogens is 362 g/mol. The first-order chi connectivity index (χ1) is 14.4. The number of rotatable bonds is 3. The number of fused-ring (bicyclic) bond motifs is 3. The van der Waals surface area contributed by atoms with Crippen LogP contribution in [0.2, 0.25) is 0 Å². The monoisotopic (exact) mass is 389 g/mol. The van der Waals surface area contributed by atoms with Crippen LogP contribution in [0.4, 0.5) is 17.1 Å². The number of benzene rings is 4.